The molecule has 0 spiro atoms. The minimum atomic E-state index is 0.0275. The second kappa shape index (κ2) is 4.74. The van der Waals surface area contributed by atoms with Crippen LogP contribution in [0, 0.1) is 5.41 Å². The number of hydrogen-bond acceptors (Lipinski definition) is 4. The Labute approximate surface area is 102 Å². The van der Waals surface area contributed by atoms with Crippen molar-refractivity contribution in [3.05, 3.63) is 12.2 Å². The Hall–Kier alpha value is -0.940. The summed E-state index contributed by atoms with van der Waals surface area (Å²) < 4.78 is 7.65. The highest BCUT2D eigenvalue weighted by Gasteiger charge is 2.41. The largest absolute Gasteiger partial charge is 0.378 e. The first-order valence-electron chi connectivity index (χ1n) is 6.29. The van der Waals surface area contributed by atoms with Crippen LogP contribution in [0.2, 0.25) is 0 Å². The molecule has 0 aliphatic carbocycles. The SMILES string of the molecule is CC(C)n1ncnc1CC1(CN)CCOC1C. The van der Waals surface area contributed by atoms with Gasteiger partial charge in [-0.15, -0.1) is 0 Å². The zero-order chi connectivity index (χ0) is 12.5. The van der Waals surface area contributed by atoms with Gasteiger partial charge in [-0.05, 0) is 27.2 Å². The molecule has 2 unspecified atom stereocenters. The van der Waals surface area contributed by atoms with Crippen LogP contribution in [-0.4, -0.2) is 34.0 Å². The first kappa shape index (κ1) is 12.5. The molecule has 0 saturated carbocycles. The lowest BCUT2D eigenvalue weighted by Crippen LogP contribution is -2.39. The van der Waals surface area contributed by atoms with E-state index in [1.807, 2.05) is 4.68 Å². The molecule has 1 aliphatic rings. The molecule has 2 N–H and O–H groups in total. The lowest BCUT2D eigenvalue weighted by molar-refractivity contribution is 0.0657. The Bertz CT molecular complexity index is 376. The lowest BCUT2D eigenvalue weighted by atomic mass is 9.78. The molecule has 2 rings (SSSR count). The minimum Gasteiger partial charge on any atom is -0.378 e. The Morgan fingerprint density at radius 3 is 2.94 bits per heavy atom. The molecule has 0 amide bonds. The first-order valence-corrected chi connectivity index (χ1v) is 6.29. The third-order valence-electron chi connectivity index (χ3n) is 3.88. The molecular formula is C12H22N4O. The smallest absolute Gasteiger partial charge is 0.138 e. The van der Waals surface area contributed by atoms with Gasteiger partial charge in [0.1, 0.15) is 12.2 Å². The molecular weight excluding hydrogens is 216 g/mol. The maximum absolute atomic E-state index is 5.96. The first-order chi connectivity index (χ1) is 8.09. The fourth-order valence-electron chi connectivity index (χ4n) is 2.54. The van der Waals surface area contributed by atoms with Gasteiger partial charge in [0, 0.05) is 31.0 Å². The Morgan fingerprint density at radius 2 is 2.41 bits per heavy atom. The second-order valence-electron chi connectivity index (χ2n) is 5.22. The molecule has 1 aromatic heterocycles. The Kier molecular flexibility index (Phi) is 3.49. The van der Waals surface area contributed by atoms with E-state index >= 15 is 0 Å². The van der Waals surface area contributed by atoms with Crippen LogP contribution in [-0.2, 0) is 11.2 Å². The highest BCUT2D eigenvalue weighted by Crippen LogP contribution is 2.37. The molecule has 1 aromatic rings. The van der Waals surface area contributed by atoms with Crippen molar-refractivity contribution < 1.29 is 4.74 Å². The number of ether oxygens (including phenoxy) is 1. The molecule has 0 bridgehead atoms. The van der Waals surface area contributed by atoms with E-state index in [1.165, 1.54) is 0 Å². The van der Waals surface area contributed by atoms with Gasteiger partial charge in [-0.1, -0.05) is 0 Å². The van der Waals surface area contributed by atoms with Crippen molar-refractivity contribution in [1.82, 2.24) is 14.8 Å². The number of rotatable bonds is 4. The maximum atomic E-state index is 5.96. The van der Waals surface area contributed by atoms with Crippen molar-refractivity contribution in [1.29, 1.82) is 0 Å². The molecule has 1 fully saturated rings. The normalized spacial score (nSPS) is 29.1. The Morgan fingerprint density at radius 1 is 1.65 bits per heavy atom. The summed E-state index contributed by atoms with van der Waals surface area (Å²) in [6.07, 6.45) is 3.68. The third kappa shape index (κ3) is 2.21. The van der Waals surface area contributed by atoms with E-state index in [9.17, 15) is 0 Å². The summed E-state index contributed by atoms with van der Waals surface area (Å²) in [4.78, 5) is 4.37. The van der Waals surface area contributed by atoms with Gasteiger partial charge in [0.15, 0.2) is 0 Å². The number of nitrogens with two attached hydrogens (primary N) is 1. The topological polar surface area (TPSA) is 66.0 Å². The molecule has 1 aliphatic heterocycles. The summed E-state index contributed by atoms with van der Waals surface area (Å²) in [6.45, 7) is 7.77. The number of nitrogens with zero attached hydrogens (tertiary/aromatic N) is 3. The van der Waals surface area contributed by atoms with E-state index in [-0.39, 0.29) is 11.5 Å². The predicted molar refractivity (Wildman–Crippen MR) is 65.6 cm³/mol. The van der Waals surface area contributed by atoms with Gasteiger partial charge >= 0.3 is 0 Å². The van der Waals surface area contributed by atoms with Crippen LogP contribution >= 0.6 is 0 Å². The zero-order valence-corrected chi connectivity index (χ0v) is 10.9. The van der Waals surface area contributed by atoms with E-state index in [0.717, 1.165) is 25.3 Å². The van der Waals surface area contributed by atoms with Crippen LogP contribution in [0.25, 0.3) is 0 Å². The summed E-state index contributed by atoms with van der Waals surface area (Å²) in [7, 11) is 0. The lowest BCUT2D eigenvalue weighted by Gasteiger charge is -2.30. The highest BCUT2D eigenvalue weighted by molar-refractivity contribution is 5.00. The number of hydrogen-bond donors (Lipinski definition) is 1. The van der Waals surface area contributed by atoms with Gasteiger partial charge in [-0.25, -0.2) is 9.67 Å². The van der Waals surface area contributed by atoms with Crippen LogP contribution in [0.4, 0.5) is 0 Å². The standard InChI is InChI=1S/C12H22N4O/c1-9(2)16-11(14-8-15-16)6-12(7-13)4-5-17-10(12)3/h8-10H,4-7,13H2,1-3H3. The molecule has 5 heteroatoms. The monoisotopic (exact) mass is 238 g/mol. The molecule has 17 heavy (non-hydrogen) atoms. The molecule has 96 valence electrons. The number of aromatic nitrogens is 3. The quantitative estimate of drug-likeness (QED) is 0.854. The predicted octanol–water partition coefficient (Wildman–Crippen LogP) is 1.16. The van der Waals surface area contributed by atoms with Crippen LogP contribution < -0.4 is 5.73 Å². The van der Waals surface area contributed by atoms with Crippen LogP contribution in [0.3, 0.4) is 0 Å². The van der Waals surface area contributed by atoms with Crippen molar-refractivity contribution >= 4 is 0 Å². The van der Waals surface area contributed by atoms with Gasteiger partial charge < -0.3 is 10.5 Å². The second-order valence-corrected chi connectivity index (χ2v) is 5.22. The van der Waals surface area contributed by atoms with Gasteiger partial charge in [0.2, 0.25) is 0 Å². The fraction of sp³-hybridized carbons (Fsp3) is 0.833. The average molecular weight is 238 g/mol. The van der Waals surface area contributed by atoms with Gasteiger partial charge in [0.25, 0.3) is 0 Å². The molecule has 2 atom stereocenters. The van der Waals surface area contributed by atoms with Gasteiger partial charge in [-0.2, -0.15) is 5.10 Å². The molecule has 0 aromatic carbocycles. The Balaban J connectivity index is 2.21. The van der Waals surface area contributed by atoms with Gasteiger partial charge in [0.05, 0.1) is 6.10 Å². The fourth-order valence-corrected chi connectivity index (χ4v) is 2.54. The van der Waals surface area contributed by atoms with Crippen LogP contribution in [0.1, 0.15) is 39.1 Å². The molecule has 2 heterocycles. The zero-order valence-electron chi connectivity index (χ0n) is 10.9. The summed E-state index contributed by atoms with van der Waals surface area (Å²) >= 11 is 0. The summed E-state index contributed by atoms with van der Waals surface area (Å²) in [5.74, 6) is 1.02. The van der Waals surface area contributed by atoms with Crippen molar-refractivity contribution in [2.24, 2.45) is 11.1 Å². The molecule has 5 nitrogen and oxygen atoms in total. The van der Waals surface area contributed by atoms with E-state index in [4.69, 9.17) is 10.5 Å². The van der Waals surface area contributed by atoms with Crippen LogP contribution in [0.5, 0.6) is 0 Å². The third-order valence-corrected chi connectivity index (χ3v) is 3.88. The molecule has 0 radical (unpaired) electrons. The van der Waals surface area contributed by atoms with E-state index in [2.05, 4.69) is 30.9 Å². The van der Waals surface area contributed by atoms with Crippen LogP contribution in [0.15, 0.2) is 6.33 Å². The molecule has 1 saturated heterocycles. The van der Waals surface area contributed by atoms with E-state index in [0.29, 0.717) is 12.6 Å². The average Bonchev–Trinajstić information content (AvgIpc) is 2.87. The minimum absolute atomic E-state index is 0.0275. The van der Waals surface area contributed by atoms with E-state index in [1.54, 1.807) is 6.33 Å². The van der Waals surface area contributed by atoms with Crippen molar-refractivity contribution in [2.75, 3.05) is 13.2 Å². The maximum Gasteiger partial charge on any atom is 0.138 e. The van der Waals surface area contributed by atoms with Gasteiger partial charge in [-0.3, -0.25) is 0 Å². The summed E-state index contributed by atoms with van der Waals surface area (Å²) in [6, 6.07) is 0.333. The summed E-state index contributed by atoms with van der Waals surface area (Å²) in [5.41, 5.74) is 5.99. The van der Waals surface area contributed by atoms with E-state index < -0.39 is 0 Å². The van der Waals surface area contributed by atoms with Crippen molar-refractivity contribution in [3.63, 3.8) is 0 Å². The highest BCUT2D eigenvalue weighted by atomic mass is 16.5. The van der Waals surface area contributed by atoms with Crippen molar-refractivity contribution in [2.45, 2.75) is 45.8 Å². The van der Waals surface area contributed by atoms with Crippen molar-refractivity contribution in [3.8, 4) is 0 Å². The summed E-state index contributed by atoms with van der Waals surface area (Å²) in [5, 5.41) is 4.27.